The summed E-state index contributed by atoms with van der Waals surface area (Å²) in [5, 5.41) is 9.41. The van der Waals surface area contributed by atoms with E-state index in [0.717, 1.165) is 12.8 Å². The van der Waals surface area contributed by atoms with Crippen LogP contribution in [0.25, 0.3) is 0 Å². The van der Waals surface area contributed by atoms with Gasteiger partial charge in [-0.05, 0) is 44.4 Å². The molecule has 0 aromatic carbocycles. The number of carbonyl (C=O) groups is 2. The Bertz CT molecular complexity index is 608. The summed E-state index contributed by atoms with van der Waals surface area (Å²) in [6, 6.07) is 0. The lowest BCUT2D eigenvalue weighted by molar-refractivity contribution is -0.143. The molecule has 3 rings (SSSR count). The predicted octanol–water partition coefficient (Wildman–Crippen LogP) is 0.617. The fourth-order valence-corrected chi connectivity index (χ4v) is 5.23. The van der Waals surface area contributed by atoms with Crippen molar-refractivity contribution in [3.05, 3.63) is 0 Å². The van der Waals surface area contributed by atoms with Crippen LogP contribution in [0, 0.1) is 23.7 Å². The van der Waals surface area contributed by atoms with E-state index in [4.69, 9.17) is 0 Å². The van der Waals surface area contributed by atoms with Gasteiger partial charge in [-0.25, -0.2) is 12.7 Å². The maximum absolute atomic E-state index is 12.7. The molecule has 0 bridgehead atoms. The monoisotopic (exact) mass is 358 g/mol. The van der Waals surface area contributed by atoms with Crippen LogP contribution in [-0.4, -0.2) is 66.5 Å². The predicted molar refractivity (Wildman–Crippen MR) is 87.7 cm³/mol. The smallest absolute Gasteiger partial charge is 0.308 e. The Hall–Kier alpha value is -1.15. The lowest BCUT2D eigenvalue weighted by Gasteiger charge is -2.32. The third-order valence-corrected chi connectivity index (χ3v) is 7.66. The van der Waals surface area contributed by atoms with Gasteiger partial charge in [0.05, 0.1) is 11.7 Å². The van der Waals surface area contributed by atoms with E-state index in [0.29, 0.717) is 44.9 Å². The molecule has 2 heterocycles. The van der Waals surface area contributed by atoms with Gasteiger partial charge in [0.25, 0.3) is 0 Å². The van der Waals surface area contributed by atoms with Crippen LogP contribution < -0.4 is 0 Å². The first kappa shape index (κ1) is 17.7. The molecule has 0 unspecified atom stereocenters. The van der Waals surface area contributed by atoms with E-state index in [1.807, 2.05) is 0 Å². The Balaban J connectivity index is 1.59. The molecule has 2 atom stereocenters. The van der Waals surface area contributed by atoms with Crippen molar-refractivity contribution in [1.29, 1.82) is 0 Å². The molecule has 2 aliphatic heterocycles. The number of carbonyl (C=O) groups excluding carboxylic acids is 1. The van der Waals surface area contributed by atoms with E-state index >= 15 is 0 Å². The Labute approximate surface area is 143 Å². The van der Waals surface area contributed by atoms with E-state index in [-0.39, 0.29) is 23.5 Å². The molecule has 24 heavy (non-hydrogen) atoms. The molecule has 0 aromatic heterocycles. The largest absolute Gasteiger partial charge is 0.481 e. The number of piperidine rings is 1. The fourth-order valence-electron chi connectivity index (χ4n) is 4.09. The minimum Gasteiger partial charge on any atom is -0.481 e. The van der Waals surface area contributed by atoms with Gasteiger partial charge in [-0.1, -0.05) is 0 Å². The second-order valence-electron chi connectivity index (χ2n) is 7.26. The Kier molecular flexibility index (Phi) is 4.88. The molecule has 136 valence electrons. The van der Waals surface area contributed by atoms with Crippen LogP contribution in [0.2, 0.25) is 0 Å². The summed E-state index contributed by atoms with van der Waals surface area (Å²) in [4.78, 5) is 25.9. The highest BCUT2D eigenvalue weighted by Crippen LogP contribution is 2.44. The highest BCUT2D eigenvalue weighted by molar-refractivity contribution is 7.89. The van der Waals surface area contributed by atoms with Crippen LogP contribution in [0.3, 0.4) is 0 Å². The first-order valence-corrected chi connectivity index (χ1v) is 10.4. The molecule has 3 fully saturated rings. The van der Waals surface area contributed by atoms with Crippen molar-refractivity contribution < 1.29 is 23.1 Å². The molecule has 1 amide bonds. The van der Waals surface area contributed by atoms with E-state index < -0.39 is 21.9 Å². The number of likely N-dealkylation sites (tertiary alicyclic amines) is 1. The SMILES string of the molecule is CCS(=O)(=O)N1CCC(C(=O)N2C[C@H](C(=O)O)[C@@H](C3CC3)C2)CC1. The molecule has 0 spiro atoms. The minimum atomic E-state index is -3.19. The summed E-state index contributed by atoms with van der Waals surface area (Å²) in [6.45, 7) is 3.25. The fraction of sp³-hybridized carbons (Fsp3) is 0.875. The molecule has 2 saturated heterocycles. The first-order valence-electron chi connectivity index (χ1n) is 8.83. The topological polar surface area (TPSA) is 95.0 Å². The van der Waals surface area contributed by atoms with Gasteiger partial charge < -0.3 is 10.0 Å². The molecule has 7 nitrogen and oxygen atoms in total. The van der Waals surface area contributed by atoms with Gasteiger partial charge in [-0.3, -0.25) is 9.59 Å². The van der Waals surface area contributed by atoms with Gasteiger partial charge in [0.15, 0.2) is 0 Å². The molecular weight excluding hydrogens is 332 g/mol. The van der Waals surface area contributed by atoms with Crippen LogP contribution in [0.15, 0.2) is 0 Å². The summed E-state index contributed by atoms with van der Waals surface area (Å²) in [7, 11) is -3.19. The normalized spacial score (nSPS) is 29.8. The van der Waals surface area contributed by atoms with E-state index in [2.05, 4.69) is 0 Å². The van der Waals surface area contributed by atoms with Crippen LogP contribution in [0.5, 0.6) is 0 Å². The summed E-state index contributed by atoms with van der Waals surface area (Å²) >= 11 is 0. The van der Waals surface area contributed by atoms with Crippen molar-refractivity contribution in [1.82, 2.24) is 9.21 Å². The van der Waals surface area contributed by atoms with E-state index in [9.17, 15) is 23.1 Å². The molecular formula is C16H26N2O5S. The number of hydrogen-bond acceptors (Lipinski definition) is 4. The van der Waals surface area contributed by atoms with Crippen molar-refractivity contribution in [3.63, 3.8) is 0 Å². The molecule has 1 aliphatic carbocycles. The Morgan fingerprint density at radius 2 is 1.71 bits per heavy atom. The number of nitrogens with zero attached hydrogens (tertiary/aromatic N) is 2. The van der Waals surface area contributed by atoms with Gasteiger partial charge in [0, 0.05) is 32.1 Å². The van der Waals surface area contributed by atoms with Gasteiger partial charge in [-0.2, -0.15) is 0 Å². The second-order valence-corrected chi connectivity index (χ2v) is 9.52. The summed E-state index contributed by atoms with van der Waals surface area (Å²) < 4.78 is 25.3. The maximum Gasteiger partial charge on any atom is 0.308 e. The summed E-state index contributed by atoms with van der Waals surface area (Å²) in [6.07, 6.45) is 3.20. The first-order chi connectivity index (χ1) is 11.3. The molecule has 1 saturated carbocycles. The van der Waals surface area contributed by atoms with Crippen molar-refractivity contribution in [2.45, 2.75) is 32.6 Å². The number of carboxylic acids is 1. The summed E-state index contributed by atoms with van der Waals surface area (Å²) in [5.74, 6) is -0.777. The highest BCUT2D eigenvalue weighted by Gasteiger charge is 2.47. The van der Waals surface area contributed by atoms with Crippen molar-refractivity contribution in [2.75, 3.05) is 31.9 Å². The molecule has 0 radical (unpaired) electrons. The van der Waals surface area contributed by atoms with E-state index in [1.54, 1.807) is 11.8 Å². The lowest BCUT2D eigenvalue weighted by atomic mass is 9.92. The van der Waals surface area contributed by atoms with Gasteiger partial charge in [0.2, 0.25) is 15.9 Å². The lowest BCUT2D eigenvalue weighted by Crippen LogP contribution is -2.44. The molecule has 0 aromatic rings. The standard InChI is InChI=1S/C16H26N2O5S/c1-2-24(22,23)18-7-5-12(6-8-18)15(19)17-9-13(11-3-4-11)14(10-17)16(20)21/h11-14H,2-10H2,1H3,(H,20,21)/t13-,14+/m1/s1. The van der Waals surface area contributed by atoms with Gasteiger partial charge in [0.1, 0.15) is 0 Å². The highest BCUT2D eigenvalue weighted by atomic mass is 32.2. The third-order valence-electron chi connectivity index (χ3n) is 5.78. The van der Waals surface area contributed by atoms with Crippen molar-refractivity contribution >= 4 is 21.9 Å². The van der Waals surface area contributed by atoms with Crippen LogP contribution >= 0.6 is 0 Å². The maximum atomic E-state index is 12.7. The molecule has 3 aliphatic rings. The van der Waals surface area contributed by atoms with Gasteiger partial charge >= 0.3 is 5.97 Å². The number of aliphatic carboxylic acids is 1. The zero-order valence-electron chi connectivity index (χ0n) is 14.1. The zero-order valence-corrected chi connectivity index (χ0v) is 14.9. The van der Waals surface area contributed by atoms with Crippen LogP contribution in [0.4, 0.5) is 0 Å². The molecule has 1 N–H and O–H groups in total. The second kappa shape index (κ2) is 6.63. The number of sulfonamides is 1. The Morgan fingerprint density at radius 3 is 2.21 bits per heavy atom. The van der Waals surface area contributed by atoms with Crippen LogP contribution in [-0.2, 0) is 19.6 Å². The average molecular weight is 358 g/mol. The number of carboxylic acid groups (broad SMARTS) is 1. The van der Waals surface area contributed by atoms with Gasteiger partial charge in [-0.15, -0.1) is 0 Å². The van der Waals surface area contributed by atoms with Crippen molar-refractivity contribution in [3.8, 4) is 0 Å². The van der Waals surface area contributed by atoms with Crippen molar-refractivity contribution in [2.24, 2.45) is 23.7 Å². The number of rotatable bonds is 5. The zero-order chi connectivity index (χ0) is 17.5. The average Bonchev–Trinajstić information content (AvgIpc) is 3.32. The molecule has 8 heteroatoms. The minimum absolute atomic E-state index is 0.0120. The quantitative estimate of drug-likeness (QED) is 0.777. The number of amides is 1. The van der Waals surface area contributed by atoms with Crippen LogP contribution in [0.1, 0.15) is 32.6 Å². The third kappa shape index (κ3) is 3.44. The Morgan fingerprint density at radius 1 is 1.08 bits per heavy atom. The number of hydrogen-bond donors (Lipinski definition) is 1. The summed E-state index contributed by atoms with van der Waals surface area (Å²) in [5.41, 5.74) is 0. The van der Waals surface area contributed by atoms with E-state index in [1.165, 1.54) is 4.31 Å².